The first-order chi connectivity index (χ1) is 7.16. The number of likely N-dealkylation sites (N-methyl/N-ethyl adjacent to an activating group) is 2. The number of hydrogen-bond donors (Lipinski definition) is 1. The van der Waals surface area contributed by atoms with Gasteiger partial charge in [0.15, 0.2) is 0 Å². The Labute approximate surface area is 93.3 Å². The van der Waals surface area contributed by atoms with E-state index in [1.54, 1.807) is 0 Å². The molecular weight excluding hydrogens is 184 g/mol. The number of aryl methyl sites for hydroxylation is 1. The zero-order valence-corrected chi connectivity index (χ0v) is 10.3. The summed E-state index contributed by atoms with van der Waals surface area (Å²) in [6.45, 7) is 9.63. The van der Waals surface area contributed by atoms with Crippen molar-refractivity contribution < 1.29 is 0 Å². The van der Waals surface area contributed by atoms with Gasteiger partial charge in [-0.25, -0.2) is 0 Å². The van der Waals surface area contributed by atoms with Gasteiger partial charge in [-0.15, -0.1) is 0 Å². The molecule has 0 amide bonds. The summed E-state index contributed by atoms with van der Waals surface area (Å²) in [5.41, 5.74) is 4.09. The third-order valence-corrected chi connectivity index (χ3v) is 2.86. The molecule has 0 saturated heterocycles. The highest BCUT2D eigenvalue weighted by molar-refractivity contribution is 5.55. The van der Waals surface area contributed by atoms with Crippen LogP contribution >= 0.6 is 0 Å². The molecule has 0 bridgehead atoms. The van der Waals surface area contributed by atoms with Crippen LogP contribution in [0.1, 0.15) is 18.1 Å². The summed E-state index contributed by atoms with van der Waals surface area (Å²) in [6, 6.07) is 6.48. The average Bonchev–Trinajstić information content (AvgIpc) is 2.22. The summed E-state index contributed by atoms with van der Waals surface area (Å²) in [4.78, 5) is 2.31. The monoisotopic (exact) mass is 206 g/mol. The minimum atomic E-state index is 1.04. The number of anilines is 1. The van der Waals surface area contributed by atoms with Crippen molar-refractivity contribution in [3.05, 3.63) is 29.3 Å². The molecule has 0 radical (unpaired) electrons. The van der Waals surface area contributed by atoms with E-state index in [2.05, 4.69) is 56.2 Å². The average molecular weight is 206 g/mol. The van der Waals surface area contributed by atoms with Gasteiger partial charge in [0.25, 0.3) is 0 Å². The van der Waals surface area contributed by atoms with Crippen molar-refractivity contribution in [1.82, 2.24) is 5.32 Å². The summed E-state index contributed by atoms with van der Waals surface area (Å²) < 4.78 is 0. The molecule has 1 aromatic carbocycles. The molecule has 0 aliphatic rings. The van der Waals surface area contributed by atoms with E-state index in [0.717, 1.165) is 19.6 Å². The quantitative estimate of drug-likeness (QED) is 0.744. The molecule has 0 saturated carbocycles. The van der Waals surface area contributed by atoms with Crippen LogP contribution in [0.4, 0.5) is 5.69 Å². The Bertz CT molecular complexity index is 307. The predicted octanol–water partition coefficient (Wildman–Crippen LogP) is 2.35. The minimum Gasteiger partial charge on any atom is -0.373 e. The van der Waals surface area contributed by atoms with Crippen molar-refractivity contribution in [3.63, 3.8) is 0 Å². The maximum Gasteiger partial charge on any atom is 0.0396 e. The molecule has 0 atom stereocenters. The fourth-order valence-corrected chi connectivity index (χ4v) is 1.69. The van der Waals surface area contributed by atoms with Gasteiger partial charge in [0.1, 0.15) is 0 Å². The molecule has 1 N–H and O–H groups in total. The highest BCUT2D eigenvalue weighted by atomic mass is 15.1. The topological polar surface area (TPSA) is 15.3 Å². The molecule has 0 spiro atoms. The van der Waals surface area contributed by atoms with Crippen LogP contribution in [0.2, 0.25) is 0 Å². The van der Waals surface area contributed by atoms with Crippen LogP contribution in [-0.4, -0.2) is 26.7 Å². The molecule has 0 aliphatic heterocycles. The lowest BCUT2D eigenvalue weighted by Crippen LogP contribution is -2.29. The van der Waals surface area contributed by atoms with Crippen molar-refractivity contribution in [2.24, 2.45) is 0 Å². The Hall–Kier alpha value is -1.02. The zero-order valence-electron chi connectivity index (χ0n) is 10.3. The second-order valence-corrected chi connectivity index (χ2v) is 3.99. The van der Waals surface area contributed by atoms with E-state index >= 15 is 0 Å². The van der Waals surface area contributed by atoms with E-state index in [9.17, 15) is 0 Å². The highest BCUT2D eigenvalue weighted by Crippen LogP contribution is 2.20. The molecule has 2 heteroatoms. The lowest BCUT2D eigenvalue weighted by Gasteiger charge is -2.22. The van der Waals surface area contributed by atoms with E-state index in [-0.39, 0.29) is 0 Å². The fourth-order valence-electron chi connectivity index (χ4n) is 1.69. The second-order valence-electron chi connectivity index (χ2n) is 3.99. The van der Waals surface area contributed by atoms with Crippen molar-refractivity contribution in [3.8, 4) is 0 Å². The van der Waals surface area contributed by atoms with E-state index < -0.39 is 0 Å². The summed E-state index contributed by atoms with van der Waals surface area (Å²) in [5.74, 6) is 0. The van der Waals surface area contributed by atoms with E-state index in [4.69, 9.17) is 0 Å². The lowest BCUT2D eigenvalue weighted by molar-refractivity contribution is 0.705. The molecular formula is C13H22N2. The molecule has 1 rings (SSSR count). The Morgan fingerprint density at radius 1 is 1.27 bits per heavy atom. The van der Waals surface area contributed by atoms with Crippen molar-refractivity contribution in [1.29, 1.82) is 0 Å². The Morgan fingerprint density at radius 2 is 2.00 bits per heavy atom. The SMILES string of the molecule is CCNCCN(C)c1cccc(C)c1C. The first-order valence-corrected chi connectivity index (χ1v) is 5.65. The van der Waals surface area contributed by atoms with Crippen LogP contribution in [-0.2, 0) is 0 Å². The van der Waals surface area contributed by atoms with Gasteiger partial charge in [-0.05, 0) is 37.6 Å². The van der Waals surface area contributed by atoms with Crippen molar-refractivity contribution in [2.75, 3.05) is 31.6 Å². The van der Waals surface area contributed by atoms with E-state index in [0.29, 0.717) is 0 Å². The van der Waals surface area contributed by atoms with Gasteiger partial charge < -0.3 is 10.2 Å². The van der Waals surface area contributed by atoms with Gasteiger partial charge in [0.2, 0.25) is 0 Å². The molecule has 0 aliphatic carbocycles. The molecule has 15 heavy (non-hydrogen) atoms. The molecule has 0 fully saturated rings. The van der Waals surface area contributed by atoms with Gasteiger partial charge in [0.05, 0.1) is 0 Å². The fraction of sp³-hybridized carbons (Fsp3) is 0.538. The Kier molecular flexibility index (Phi) is 4.63. The Morgan fingerprint density at radius 3 is 2.67 bits per heavy atom. The number of benzene rings is 1. The Balaban J connectivity index is 2.65. The van der Waals surface area contributed by atoms with E-state index in [1.165, 1.54) is 16.8 Å². The molecule has 2 nitrogen and oxygen atoms in total. The van der Waals surface area contributed by atoms with Gasteiger partial charge in [-0.2, -0.15) is 0 Å². The van der Waals surface area contributed by atoms with E-state index in [1.807, 2.05) is 0 Å². The van der Waals surface area contributed by atoms with Gasteiger partial charge in [-0.1, -0.05) is 19.1 Å². The summed E-state index contributed by atoms with van der Waals surface area (Å²) in [6.07, 6.45) is 0. The summed E-state index contributed by atoms with van der Waals surface area (Å²) >= 11 is 0. The van der Waals surface area contributed by atoms with Crippen LogP contribution < -0.4 is 10.2 Å². The van der Waals surface area contributed by atoms with Gasteiger partial charge in [0, 0.05) is 25.8 Å². The molecule has 0 heterocycles. The minimum absolute atomic E-state index is 1.04. The third-order valence-electron chi connectivity index (χ3n) is 2.86. The van der Waals surface area contributed by atoms with Gasteiger partial charge in [-0.3, -0.25) is 0 Å². The van der Waals surface area contributed by atoms with Crippen LogP contribution in [0, 0.1) is 13.8 Å². The highest BCUT2D eigenvalue weighted by Gasteiger charge is 2.04. The molecule has 0 unspecified atom stereocenters. The second kappa shape index (κ2) is 5.76. The van der Waals surface area contributed by atoms with Crippen LogP contribution in [0.5, 0.6) is 0 Å². The van der Waals surface area contributed by atoms with Crippen LogP contribution in [0.15, 0.2) is 18.2 Å². The normalized spacial score (nSPS) is 10.4. The molecule has 84 valence electrons. The van der Waals surface area contributed by atoms with Crippen LogP contribution in [0.25, 0.3) is 0 Å². The number of rotatable bonds is 5. The maximum absolute atomic E-state index is 3.34. The third kappa shape index (κ3) is 3.24. The van der Waals surface area contributed by atoms with Crippen molar-refractivity contribution >= 4 is 5.69 Å². The smallest absolute Gasteiger partial charge is 0.0396 e. The maximum atomic E-state index is 3.34. The number of nitrogens with zero attached hydrogens (tertiary/aromatic N) is 1. The predicted molar refractivity (Wildman–Crippen MR) is 67.7 cm³/mol. The molecule has 0 aromatic heterocycles. The largest absolute Gasteiger partial charge is 0.373 e. The van der Waals surface area contributed by atoms with Crippen LogP contribution in [0.3, 0.4) is 0 Å². The lowest BCUT2D eigenvalue weighted by atomic mass is 10.1. The first kappa shape index (κ1) is 12.1. The zero-order chi connectivity index (χ0) is 11.3. The number of nitrogens with one attached hydrogen (secondary N) is 1. The summed E-state index contributed by atoms with van der Waals surface area (Å²) in [5, 5.41) is 3.34. The van der Waals surface area contributed by atoms with Crippen molar-refractivity contribution in [2.45, 2.75) is 20.8 Å². The summed E-state index contributed by atoms with van der Waals surface area (Å²) in [7, 11) is 2.15. The molecule has 1 aromatic rings. The standard InChI is InChI=1S/C13H22N2/c1-5-14-9-10-15(4)13-8-6-7-11(2)12(13)3/h6-8,14H,5,9-10H2,1-4H3. The van der Waals surface area contributed by atoms with Gasteiger partial charge >= 0.3 is 0 Å². The number of hydrogen-bond acceptors (Lipinski definition) is 2. The first-order valence-electron chi connectivity index (χ1n) is 5.65.